The van der Waals surface area contributed by atoms with Gasteiger partial charge in [-0.05, 0) is 47.9 Å². The number of nitrogens with one attached hydrogen (secondary N) is 1. The molecule has 0 bridgehead atoms. The van der Waals surface area contributed by atoms with Crippen molar-refractivity contribution in [2.24, 2.45) is 5.92 Å². The maximum absolute atomic E-state index is 14.7. The molecule has 31 heavy (non-hydrogen) atoms. The number of hydrogen-bond acceptors (Lipinski definition) is 5. The third-order valence-electron chi connectivity index (χ3n) is 6.30. The first kappa shape index (κ1) is 21.3. The predicted octanol–water partition coefficient (Wildman–Crippen LogP) is 3.19. The van der Waals surface area contributed by atoms with Gasteiger partial charge in [0, 0.05) is 38.7 Å². The van der Waals surface area contributed by atoms with E-state index in [-0.39, 0.29) is 29.0 Å². The van der Waals surface area contributed by atoms with Crippen molar-refractivity contribution in [1.29, 1.82) is 0 Å². The largest absolute Gasteiger partial charge is 0.490 e. The van der Waals surface area contributed by atoms with Gasteiger partial charge >= 0.3 is 0 Å². The molecule has 2 aromatic rings. The summed E-state index contributed by atoms with van der Waals surface area (Å²) in [5.74, 6) is 0.369. The lowest BCUT2D eigenvalue weighted by molar-refractivity contribution is -0.130. The first-order valence-electron chi connectivity index (χ1n) is 10.9. The summed E-state index contributed by atoms with van der Waals surface area (Å²) < 4.78 is 20.6. The highest BCUT2D eigenvalue weighted by molar-refractivity contribution is 5.73. The zero-order valence-electron chi connectivity index (χ0n) is 18.3. The van der Waals surface area contributed by atoms with Crippen molar-refractivity contribution < 1.29 is 13.9 Å². The van der Waals surface area contributed by atoms with Crippen LogP contribution in [0.25, 0.3) is 0 Å². The number of benzene rings is 1. The summed E-state index contributed by atoms with van der Waals surface area (Å²) in [7, 11) is 0. The number of aromatic amines is 1. The van der Waals surface area contributed by atoms with Crippen molar-refractivity contribution in [2.45, 2.75) is 52.6 Å². The van der Waals surface area contributed by atoms with Gasteiger partial charge in [-0.25, -0.2) is 9.49 Å². The number of carbonyl (C=O) groups excluding carboxylic acids is 1. The monoisotopic (exact) mass is 428 g/mol. The second-order valence-electron chi connectivity index (χ2n) is 8.82. The van der Waals surface area contributed by atoms with E-state index in [1.807, 2.05) is 18.7 Å². The first-order valence-corrected chi connectivity index (χ1v) is 10.9. The van der Waals surface area contributed by atoms with E-state index in [0.717, 1.165) is 42.7 Å². The number of ether oxygens (including phenoxy) is 1. The minimum atomic E-state index is -0.366. The molecule has 0 spiro atoms. The maximum Gasteiger partial charge on any atom is 0.269 e. The molecular formula is C23H29FN4O3. The number of rotatable bonds is 5. The number of fused-ring (bicyclic) bond motifs is 1. The van der Waals surface area contributed by atoms with E-state index in [2.05, 4.69) is 15.1 Å². The van der Waals surface area contributed by atoms with Crippen molar-refractivity contribution in [1.82, 2.24) is 15.1 Å². The van der Waals surface area contributed by atoms with Gasteiger partial charge in [0.15, 0.2) is 11.6 Å². The number of amides is 1. The zero-order valence-corrected chi connectivity index (χ0v) is 18.3. The standard InChI is InChI=1S/C23H29FN4O3/c1-14(2)22-20(10-25-26-23(22)30)28-11-17-8-19(24)21(9-18(17)12-28)31-13-16-4-6-27(7-5-16)15(3)29/h8-10,14,16H,4-7,11-13H2,1-3H3,(H,26,30). The predicted molar refractivity (Wildman–Crippen MR) is 116 cm³/mol. The van der Waals surface area contributed by atoms with Gasteiger partial charge in [-0.3, -0.25) is 9.59 Å². The van der Waals surface area contributed by atoms with Gasteiger partial charge in [-0.1, -0.05) is 13.8 Å². The van der Waals surface area contributed by atoms with Gasteiger partial charge < -0.3 is 14.5 Å². The number of nitrogens with zero attached hydrogens (tertiary/aromatic N) is 3. The van der Waals surface area contributed by atoms with Crippen LogP contribution in [0.1, 0.15) is 56.2 Å². The minimum absolute atomic E-state index is 0.0514. The highest BCUT2D eigenvalue weighted by Gasteiger charge is 2.26. The van der Waals surface area contributed by atoms with Gasteiger partial charge in [0.25, 0.3) is 5.56 Å². The van der Waals surface area contributed by atoms with Crippen LogP contribution in [-0.2, 0) is 17.9 Å². The van der Waals surface area contributed by atoms with Crippen molar-refractivity contribution in [3.8, 4) is 5.75 Å². The molecule has 7 nitrogen and oxygen atoms in total. The fourth-order valence-corrected chi connectivity index (χ4v) is 4.51. The van der Waals surface area contributed by atoms with E-state index >= 15 is 0 Å². The summed E-state index contributed by atoms with van der Waals surface area (Å²) in [4.78, 5) is 27.6. The number of anilines is 1. The molecule has 1 aromatic carbocycles. The van der Waals surface area contributed by atoms with Crippen LogP contribution in [0.15, 0.2) is 23.1 Å². The van der Waals surface area contributed by atoms with Gasteiger partial charge in [-0.2, -0.15) is 5.10 Å². The number of likely N-dealkylation sites (tertiary alicyclic amines) is 1. The van der Waals surface area contributed by atoms with Crippen LogP contribution in [0.5, 0.6) is 5.75 Å². The lowest BCUT2D eigenvalue weighted by atomic mass is 9.98. The molecule has 2 aliphatic heterocycles. The molecule has 3 heterocycles. The van der Waals surface area contributed by atoms with Crippen LogP contribution < -0.4 is 15.2 Å². The van der Waals surface area contributed by atoms with Crippen LogP contribution in [0.3, 0.4) is 0 Å². The number of H-pyrrole nitrogens is 1. The van der Waals surface area contributed by atoms with Gasteiger partial charge in [0.05, 0.1) is 18.5 Å². The zero-order chi connectivity index (χ0) is 22.1. The lowest BCUT2D eigenvalue weighted by Crippen LogP contribution is -2.38. The van der Waals surface area contributed by atoms with E-state index in [1.165, 1.54) is 0 Å². The normalized spacial score (nSPS) is 16.7. The Labute approximate surface area is 181 Å². The van der Waals surface area contributed by atoms with Crippen molar-refractivity contribution in [3.05, 3.63) is 51.2 Å². The summed E-state index contributed by atoms with van der Waals surface area (Å²) in [5.41, 5.74) is 3.19. The molecule has 1 amide bonds. The Kier molecular flexibility index (Phi) is 5.98. The Bertz CT molecular complexity index is 1030. The van der Waals surface area contributed by atoms with Crippen LogP contribution in [0, 0.1) is 11.7 Å². The van der Waals surface area contributed by atoms with Crippen LogP contribution in [0.4, 0.5) is 10.1 Å². The van der Waals surface area contributed by atoms with E-state index in [0.29, 0.717) is 31.2 Å². The third kappa shape index (κ3) is 4.43. The molecule has 2 aliphatic rings. The number of carbonyl (C=O) groups is 1. The molecule has 0 radical (unpaired) electrons. The SMILES string of the molecule is CC(=O)N1CCC(COc2cc3c(cc2F)CN(c2cn[nH]c(=O)c2C(C)C)C3)CC1. The molecule has 0 saturated carbocycles. The van der Waals surface area contributed by atoms with Crippen LogP contribution >= 0.6 is 0 Å². The number of piperidine rings is 1. The molecule has 0 unspecified atom stereocenters. The fraction of sp³-hybridized carbons (Fsp3) is 0.522. The average Bonchev–Trinajstić information content (AvgIpc) is 3.14. The Hall–Kier alpha value is -2.90. The molecular weight excluding hydrogens is 399 g/mol. The maximum atomic E-state index is 14.7. The van der Waals surface area contributed by atoms with Crippen LogP contribution in [-0.4, -0.2) is 40.7 Å². The molecule has 166 valence electrons. The number of hydrogen-bond donors (Lipinski definition) is 1. The minimum Gasteiger partial charge on any atom is -0.490 e. The molecule has 4 rings (SSSR count). The Balaban J connectivity index is 1.45. The fourth-order valence-electron chi connectivity index (χ4n) is 4.51. The molecule has 1 fully saturated rings. The summed E-state index contributed by atoms with van der Waals surface area (Å²) in [5, 5.41) is 6.47. The van der Waals surface area contributed by atoms with Gasteiger partial charge in [0.2, 0.25) is 5.91 Å². The number of halogens is 1. The van der Waals surface area contributed by atoms with E-state index < -0.39 is 0 Å². The molecule has 0 aliphatic carbocycles. The van der Waals surface area contributed by atoms with Gasteiger partial charge in [0.1, 0.15) is 0 Å². The highest BCUT2D eigenvalue weighted by Crippen LogP contribution is 2.34. The summed E-state index contributed by atoms with van der Waals surface area (Å²) in [6, 6.07) is 3.32. The molecule has 0 atom stereocenters. The Morgan fingerprint density at radius 1 is 1.26 bits per heavy atom. The Morgan fingerprint density at radius 2 is 1.94 bits per heavy atom. The Morgan fingerprint density at radius 3 is 2.58 bits per heavy atom. The summed E-state index contributed by atoms with van der Waals surface area (Å²) >= 11 is 0. The second kappa shape index (κ2) is 8.69. The molecule has 8 heteroatoms. The van der Waals surface area contributed by atoms with E-state index in [9.17, 15) is 14.0 Å². The van der Waals surface area contributed by atoms with Crippen LogP contribution in [0.2, 0.25) is 0 Å². The number of aromatic nitrogens is 2. The quantitative estimate of drug-likeness (QED) is 0.791. The third-order valence-corrected chi connectivity index (χ3v) is 6.30. The van der Waals surface area contributed by atoms with Crippen molar-refractivity contribution in [3.63, 3.8) is 0 Å². The van der Waals surface area contributed by atoms with E-state index in [4.69, 9.17) is 4.74 Å². The second-order valence-corrected chi connectivity index (χ2v) is 8.82. The topological polar surface area (TPSA) is 78.5 Å². The van der Waals surface area contributed by atoms with Crippen molar-refractivity contribution >= 4 is 11.6 Å². The summed E-state index contributed by atoms with van der Waals surface area (Å²) in [6.45, 7) is 8.55. The average molecular weight is 429 g/mol. The van der Waals surface area contributed by atoms with Crippen molar-refractivity contribution in [2.75, 3.05) is 24.6 Å². The lowest BCUT2D eigenvalue weighted by Gasteiger charge is -2.31. The molecule has 1 N–H and O–H groups in total. The van der Waals surface area contributed by atoms with Gasteiger partial charge in [-0.15, -0.1) is 0 Å². The molecule has 1 saturated heterocycles. The highest BCUT2D eigenvalue weighted by atomic mass is 19.1. The van der Waals surface area contributed by atoms with E-state index in [1.54, 1.807) is 25.3 Å². The first-order chi connectivity index (χ1) is 14.8. The smallest absolute Gasteiger partial charge is 0.269 e. The summed E-state index contributed by atoms with van der Waals surface area (Å²) in [6.07, 6.45) is 3.41. The molecule has 1 aromatic heterocycles.